The zero-order valence-electron chi connectivity index (χ0n) is 21.6. The fourth-order valence-electron chi connectivity index (χ4n) is 4.86. The second-order valence-electron chi connectivity index (χ2n) is 9.67. The molecule has 0 spiro atoms. The predicted octanol–water partition coefficient (Wildman–Crippen LogP) is 6.99. The molecule has 1 fully saturated rings. The van der Waals surface area contributed by atoms with Crippen molar-refractivity contribution in [2.24, 2.45) is 5.92 Å². The lowest BCUT2D eigenvalue weighted by molar-refractivity contribution is -0.240. The molecular formula is C30H27ClINO6. The van der Waals surface area contributed by atoms with Crippen molar-refractivity contribution < 1.29 is 28.5 Å². The molecule has 3 aromatic carbocycles. The fourth-order valence-corrected chi connectivity index (χ4v) is 5.85. The molecule has 0 radical (unpaired) electrons. The number of halogens is 2. The Hall–Kier alpha value is -3.24. The van der Waals surface area contributed by atoms with Gasteiger partial charge in [0.15, 0.2) is 17.4 Å². The number of carbonyl (C=O) groups excluding carboxylic acids is 2. The van der Waals surface area contributed by atoms with Crippen LogP contribution in [-0.2, 0) is 25.7 Å². The van der Waals surface area contributed by atoms with E-state index in [1.165, 1.54) is 0 Å². The van der Waals surface area contributed by atoms with Gasteiger partial charge in [-0.1, -0.05) is 41.9 Å². The molecule has 1 N–H and O–H groups in total. The quantitative estimate of drug-likeness (QED) is 0.125. The first-order valence-corrected chi connectivity index (χ1v) is 14.0. The lowest BCUT2D eigenvalue weighted by Crippen LogP contribution is -2.48. The summed E-state index contributed by atoms with van der Waals surface area (Å²) in [6.45, 7) is 5.66. The normalized spacial score (nSPS) is 16.0. The van der Waals surface area contributed by atoms with Crippen LogP contribution in [0.4, 0.5) is 0 Å². The van der Waals surface area contributed by atoms with Crippen LogP contribution in [0.2, 0.25) is 5.02 Å². The summed E-state index contributed by atoms with van der Waals surface area (Å²) >= 11 is 8.33. The topological polar surface area (TPSA) is 86.9 Å². The Morgan fingerprint density at radius 2 is 1.77 bits per heavy atom. The Bertz CT molecular complexity index is 1530. The van der Waals surface area contributed by atoms with Crippen LogP contribution in [0.25, 0.3) is 10.9 Å². The van der Waals surface area contributed by atoms with Gasteiger partial charge in [-0.2, -0.15) is 0 Å². The van der Waals surface area contributed by atoms with Crippen LogP contribution in [0.15, 0.2) is 66.9 Å². The number of nitrogens with one attached hydrogen (secondary N) is 1. The van der Waals surface area contributed by atoms with E-state index >= 15 is 0 Å². The molecule has 7 nitrogen and oxygen atoms in total. The molecule has 0 aliphatic carbocycles. The first-order chi connectivity index (χ1) is 18.7. The van der Waals surface area contributed by atoms with Gasteiger partial charge in [0.1, 0.15) is 6.61 Å². The Balaban J connectivity index is 1.61. The summed E-state index contributed by atoms with van der Waals surface area (Å²) in [5.74, 6) is -3.45. The molecule has 2 heterocycles. The number of ether oxygens (including phenoxy) is 4. The summed E-state index contributed by atoms with van der Waals surface area (Å²) in [4.78, 5) is 29.9. The summed E-state index contributed by atoms with van der Waals surface area (Å²) in [5.41, 5.74) is 3.27. The number of benzene rings is 3. The third kappa shape index (κ3) is 5.72. The molecule has 0 bridgehead atoms. The molecule has 1 atom stereocenters. The zero-order valence-corrected chi connectivity index (χ0v) is 24.5. The van der Waals surface area contributed by atoms with Crippen molar-refractivity contribution in [1.29, 1.82) is 0 Å². The maximum Gasteiger partial charge on any atom is 0.324 e. The third-order valence-electron chi connectivity index (χ3n) is 6.45. The minimum Gasteiger partial charge on any atom is -0.490 e. The summed E-state index contributed by atoms with van der Waals surface area (Å²) in [6, 6.07) is 18.9. The van der Waals surface area contributed by atoms with E-state index < -0.39 is 29.6 Å². The standard InChI is InChI=1S/C30H27ClINO6/c1-4-36-24-14-18(13-22(32)27(24)37-16-17-8-7-9-19(31)12-17)25(21-15-33-23-11-6-5-10-20(21)23)26-28(34)38-30(2,3)39-29(26)35/h5-15,25-26,33H,4,16H2,1-3H3/t25-/m1/s1. The van der Waals surface area contributed by atoms with E-state index in [-0.39, 0.29) is 6.61 Å². The molecule has 1 aliphatic rings. The first-order valence-electron chi connectivity index (χ1n) is 12.5. The smallest absolute Gasteiger partial charge is 0.324 e. The van der Waals surface area contributed by atoms with Gasteiger partial charge < -0.3 is 23.9 Å². The fraction of sp³-hybridized carbons (Fsp3) is 0.267. The lowest BCUT2D eigenvalue weighted by Gasteiger charge is -2.36. The lowest BCUT2D eigenvalue weighted by atomic mass is 9.80. The Morgan fingerprint density at radius 3 is 2.49 bits per heavy atom. The molecule has 1 aromatic heterocycles. The highest BCUT2D eigenvalue weighted by atomic mass is 127. The number of hydrogen-bond donors (Lipinski definition) is 1. The second-order valence-corrected chi connectivity index (χ2v) is 11.3. The van der Waals surface area contributed by atoms with E-state index in [0.29, 0.717) is 28.7 Å². The van der Waals surface area contributed by atoms with Crippen LogP contribution in [0, 0.1) is 9.49 Å². The molecule has 1 aliphatic heterocycles. The van der Waals surface area contributed by atoms with Crippen molar-refractivity contribution in [3.63, 3.8) is 0 Å². The molecule has 202 valence electrons. The van der Waals surface area contributed by atoms with Crippen LogP contribution < -0.4 is 9.47 Å². The van der Waals surface area contributed by atoms with Crippen LogP contribution in [0.1, 0.15) is 43.4 Å². The number of para-hydroxylation sites is 1. The Labute approximate surface area is 244 Å². The Morgan fingerprint density at radius 1 is 1.03 bits per heavy atom. The highest BCUT2D eigenvalue weighted by Gasteiger charge is 2.49. The molecule has 4 aromatic rings. The van der Waals surface area contributed by atoms with E-state index in [1.54, 1.807) is 13.8 Å². The third-order valence-corrected chi connectivity index (χ3v) is 7.49. The van der Waals surface area contributed by atoms with Crippen molar-refractivity contribution in [2.75, 3.05) is 6.61 Å². The van der Waals surface area contributed by atoms with Gasteiger partial charge in [0.05, 0.1) is 10.2 Å². The largest absolute Gasteiger partial charge is 0.490 e. The van der Waals surface area contributed by atoms with E-state index in [4.69, 9.17) is 30.5 Å². The SMILES string of the molecule is CCOc1cc([C@H](c2c[nH]c3ccccc23)C2C(=O)OC(C)(C)OC2=O)cc(I)c1OCc1cccc(Cl)c1. The number of carbonyl (C=O) groups is 2. The van der Waals surface area contributed by atoms with Gasteiger partial charge in [0.2, 0.25) is 0 Å². The number of aromatic amines is 1. The summed E-state index contributed by atoms with van der Waals surface area (Å²) in [7, 11) is 0. The van der Waals surface area contributed by atoms with Gasteiger partial charge in [-0.3, -0.25) is 9.59 Å². The van der Waals surface area contributed by atoms with Gasteiger partial charge in [-0.25, -0.2) is 0 Å². The van der Waals surface area contributed by atoms with Gasteiger partial charge >= 0.3 is 11.9 Å². The second kappa shape index (κ2) is 11.1. The number of rotatable bonds is 8. The van der Waals surface area contributed by atoms with Crippen LogP contribution in [-0.4, -0.2) is 29.3 Å². The van der Waals surface area contributed by atoms with Gasteiger partial charge in [-0.05, 0) is 76.5 Å². The average molecular weight is 660 g/mol. The number of fused-ring (bicyclic) bond motifs is 1. The number of cyclic esters (lactones) is 2. The van der Waals surface area contributed by atoms with E-state index in [1.807, 2.05) is 73.8 Å². The molecule has 1 saturated heterocycles. The van der Waals surface area contributed by atoms with Crippen LogP contribution >= 0.6 is 34.2 Å². The predicted molar refractivity (Wildman–Crippen MR) is 156 cm³/mol. The summed E-state index contributed by atoms with van der Waals surface area (Å²) in [6.07, 6.45) is 1.83. The van der Waals surface area contributed by atoms with Crippen molar-refractivity contribution in [2.45, 2.75) is 39.1 Å². The highest BCUT2D eigenvalue weighted by molar-refractivity contribution is 14.1. The van der Waals surface area contributed by atoms with Gasteiger partial charge in [-0.15, -0.1) is 0 Å². The van der Waals surface area contributed by atoms with E-state index in [0.717, 1.165) is 25.6 Å². The van der Waals surface area contributed by atoms with Crippen LogP contribution in [0.5, 0.6) is 11.5 Å². The van der Waals surface area contributed by atoms with Gasteiger partial charge in [0.25, 0.3) is 5.79 Å². The number of H-pyrrole nitrogens is 1. The molecule has 39 heavy (non-hydrogen) atoms. The average Bonchev–Trinajstić information content (AvgIpc) is 3.29. The van der Waals surface area contributed by atoms with E-state index in [2.05, 4.69) is 27.6 Å². The highest BCUT2D eigenvalue weighted by Crippen LogP contribution is 2.44. The zero-order chi connectivity index (χ0) is 27.7. The van der Waals surface area contributed by atoms with Crippen molar-refractivity contribution in [3.8, 4) is 11.5 Å². The van der Waals surface area contributed by atoms with Crippen LogP contribution in [0.3, 0.4) is 0 Å². The Kier molecular flexibility index (Phi) is 7.77. The monoisotopic (exact) mass is 659 g/mol. The molecule has 0 amide bonds. The number of hydrogen-bond acceptors (Lipinski definition) is 6. The molecule has 0 unspecified atom stereocenters. The minimum atomic E-state index is -1.33. The number of aromatic nitrogens is 1. The summed E-state index contributed by atoms with van der Waals surface area (Å²) in [5, 5.41) is 1.52. The molecule has 0 saturated carbocycles. The first kappa shape index (κ1) is 27.3. The van der Waals surface area contributed by atoms with Crippen molar-refractivity contribution in [3.05, 3.63) is 92.1 Å². The maximum atomic E-state index is 13.3. The minimum absolute atomic E-state index is 0.290. The number of esters is 2. The molecule has 5 rings (SSSR count). The molecule has 9 heteroatoms. The molecular weight excluding hydrogens is 633 g/mol. The van der Waals surface area contributed by atoms with E-state index in [9.17, 15) is 9.59 Å². The van der Waals surface area contributed by atoms with Crippen molar-refractivity contribution in [1.82, 2.24) is 4.98 Å². The maximum absolute atomic E-state index is 13.3. The summed E-state index contributed by atoms with van der Waals surface area (Å²) < 4.78 is 24.0. The van der Waals surface area contributed by atoms with Gasteiger partial charge in [0, 0.05) is 41.9 Å². The van der Waals surface area contributed by atoms with Crippen molar-refractivity contribution >= 4 is 57.0 Å².